The van der Waals surface area contributed by atoms with Crippen LogP contribution < -0.4 is 9.62 Å². The minimum Gasteiger partial charge on any atom is -0.322 e. The number of carbonyl (C=O) groups is 2. The normalized spacial score (nSPS) is 18.7. The molecule has 1 fully saturated rings. The zero-order chi connectivity index (χ0) is 19.8. The molecule has 1 atom stereocenters. The first-order chi connectivity index (χ1) is 12.7. The molecule has 1 saturated heterocycles. The number of benzene rings is 2. The highest BCUT2D eigenvalue weighted by Crippen LogP contribution is 2.29. The number of nitrogens with one attached hydrogen (secondary N) is 1. The number of anilines is 2. The van der Waals surface area contributed by atoms with Gasteiger partial charge in [-0.15, -0.1) is 0 Å². The summed E-state index contributed by atoms with van der Waals surface area (Å²) in [4.78, 5) is 24.7. The third-order valence-electron chi connectivity index (χ3n) is 4.56. The molecule has 2 amide bonds. The van der Waals surface area contributed by atoms with Crippen molar-refractivity contribution < 1.29 is 18.0 Å². The molecule has 0 aromatic heterocycles. The molecule has 1 aliphatic heterocycles. The Balaban J connectivity index is 1.82. The summed E-state index contributed by atoms with van der Waals surface area (Å²) in [6.45, 7) is 5.69. The number of sulfonamides is 1. The van der Waals surface area contributed by atoms with Gasteiger partial charge in [0.1, 0.15) is 0 Å². The van der Waals surface area contributed by atoms with Crippen LogP contribution in [0.2, 0.25) is 0 Å². The van der Waals surface area contributed by atoms with Crippen molar-refractivity contribution in [3.63, 3.8) is 0 Å². The quantitative estimate of drug-likeness (QED) is 0.873. The second-order valence-corrected chi connectivity index (χ2v) is 8.89. The summed E-state index contributed by atoms with van der Waals surface area (Å²) < 4.78 is 25.2. The van der Waals surface area contributed by atoms with Crippen LogP contribution in [0.1, 0.15) is 42.6 Å². The average Bonchev–Trinajstić information content (AvgIpc) is 2.82. The minimum absolute atomic E-state index is 0.194. The van der Waals surface area contributed by atoms with Crippen LogP contribution in [0, 0.1) is 5.92 Å². The molecular formula is C20H22N2O4S. The SMILES string of the molecule is CC(C)c1ccccc1NC(=O)c1ccc(N2C(=O)[C@@H](C)CS2(=O)=O)cc1. The molecule has 7 heteroatoms. The molecule has 142 valence electrons. The van der Waals surface area contributed by atoms with Crippen LogP contribution in [-0.2, 0) is 14.8 Å². The third kappa shape index (κ3) is 3.73. The highest BCUT2D eigenvalue weighted by molar-refractivity contribution is 7.94. The van der Waals surface area contributed by atoms with Crippen LogP contribution in [0.4, 0.5) is 11.4 Å². The molecule has 0 radical (unpaired) electrons. The topological polar surface area (TPSA) is 83.6 Å². The molecule has 0 aliphatic carbocycles. The number of carbonyl (C=O) groups excluding carboxylic acids is 2. The van der Waals surface area contributed by atoms with E-state index < -0.39 is 21.8 Å². The van der Waals surface area contributed by atoms with Gasteiger partial charge in [-0.05, 0) is 41.8 Å². The van der Waals surface area contributed by atoms with Crippen LogP contribution in [0.15, 0.2) is 48.5 Å². The van der Waals surface area contributed by atoms with Crippen molar-refractivity contribution in [1.29, 1.82) is 0 Å². The van der Waals surface area contributed by atoms with E-state index >= 15 is 0 Å². The number of hydrogen-bond donors (Lipinski definition) is 1. The summed E-state index contributed by atoms with van der Waals surface area (Å²) in [7, 11) is -3.65. The van der Waals surface area contributed by atoms with E-state index in [1.807, 2.05) is 38.1 Å². The van der Waals surface area contributed by atoms with Crippen molar-refractivity contribution >= 4 is 33.2 Å². The summed E-state index contributed by atoms with van der Waals surface area (Å²) in [6.07, 6.45) is 0. The van der Waals surface area contributed by atoms with Crippen molar-refractivity contribution in [3.05, 3.63) is 59.7 Å². The van der Waals surface area contributed by atoms with Gasteiger partial charge in [0.2, 0.25) is 15.9 Å². The first-order valence-electron chi connectivity index (χ1n) is 8.78. The molecule has 2 aromatic rings. The largest absolute Gasteiger partial charge is 0.322 e. The van der Waals surface area contributed by atoms with Crippen molar-refractivity contribution in [3.8, 4) is 0 Å². The van der Waals surface area contributed by atoms with E-state index in [0.717, 1.165) is 15.6 Å². The van der Waals surface area contributed by atoms with Gasteiger partial charge in [0.15, 0.2) is 0 Å². The maximum absolute atomic E-state index is 12.6. The Morgan fingerprint density at radius 3 is 2.30 bits per heavy atom. The Morgan fingerprint density at radius 2 is 1.74 bits per heavy atom. The number of rotatable bonds is 4. The van der Waals surface area contributed by atoms with Gasteiger partial charge in [-0.1, -0.05) is 39.0 Å². The van der Waals surface area contributed by atoms with Crippen LogP contribution in [0.3, 0.4) is 0 Å². The van der Waals surface area contributed by atoms with Gasteiger partial charge in [0.25, 0.3) is 5.91 Å². The molecule has 6 nitrogen and oxygen atoms in total. The van der Waals surface area contributed by atoms with E-state index in [9.17, 15) is 18.0 Å². The predicted octanol–water partition coefficient (Wildman–Crippen LogP) is 3.37. The van der Waals surface area contributed by atoms with Crippen LogP contribution in [-0.4, -0.2) is 26.0 Å². The number of amides is 2. The van der Waals surface area contributed by atoms with Crippen LogP contribution >= 0.6 is 0 Å². The second-order valence-electron chi connectivity index (χ2n) is 7.03. The molecule has 2 aromatic carbocycles. The van der Waals surface area contributed by atoms with Crippen molar-refractivity contribution in [2.45, 2.75) is 26.7 Å². The summed E-state index contributed by atoms with van der Waals surface area (Å²) in [6, 6.07) is 13.6. The second kappa shape index (κ2) is 7.15. The van der Waals surface area contributed by atoms with Gasteiger partial charge in [0.05, 0.1) is 17.4 Å². The highest BCUT2D eigenvalue weighted by Gasteiger charge is 2.41. The van der Waals surface area contributed by atoms with Gasteiger partial charge in [-0.3, -0.25) is 9.59 Å². The monoisotopic (exact) mass is 386 g/mol. The number of nitrogens with zero attached hydrogens (tertiary/aromatic N) is 1. The first kappa shape index (κ1) is 19.1. The molecule has 1 N–H and O–H groups in total. The first-order valence-corrected chi connectivity index (χ1v) is 10.4. The third-order valence-corrected chi connectivity index (χ3v) is 6.42. The zero-order valence-corrected chi connectivity index (χ0v) is 16.3. The molecule has 3 rings (SSSR count). The van der Waals surface area contributed by atoms with E-state index in [1.165, 1.54) is 24.3 Å². The fourth-order valence-corrected chi connectivity index (χ4v) is 4.96. The lowest BCUT2D eigenvalue weighted by atomic mass is 10.0. The summed E-state index contributed by atoms with van der Waals surface area (Å²) >= 11 is 0. The van der Waals surface area contributed by atoms with Crippen LogP contribution in [0.25, 0.3) is 0 Å². The Morgan fingerprint density at radius 1 is 1.11 bits per heavy atom. The van der Waals surface area contributed by atoms with Gasteiger partial charge in [0, 0.05) is 11.3 Å². The van der Waals surface area contributed by atoms with E-state index in [2.05, 4.69) is 5.32 Å². The standard InChI is InChI=1S/C20H22N2O4S/c1-13(2)17-6-4-5-7-18(17)21-19(23)15-8-10-16(11-9-15)22-20(24)14(3)12-27(22,25)26/h4-11,13-14H,12H2,1-3H3,(H,21,23)/t14-/m0/s1. The smallest absolute Gasteiger partial charge is 0.255 e. The number of hydrogen-bond acceptors (Lipinski definition) is 4. The highest BCUT2D eigenvalue weighted by atomic mass is 32.2. The summed E-state index contributed by atoms with van der Waals surface area (Å²) in [5.74, 6) is -1.24. The van der Waals surface area contributed by atoms with Crippen molar-refractivity contribution in [2.24, 2.45) is 5.92 Å². The maximum Gasteiger partial charge on any atom is 0.255 e. The van der Waals surface area contributed by atoms with E-state index in [-0.39, 0.29) is 23.3 Å². The van der Waals surface area contributed by atoms with Gasteiger partial charge < -0.3 is 5.32 Å². The van der Waals surface area contributed by atoms with E-state index in [0.29, 0.717) is 5.56 Å². The summed E-state index contributed by atoms with van der Waals surface area (Å²) in [5, 5.41) is 2.89. The Labute approximate surface area is 159 Å². The van der Waals surface area contributed by atoms with Gasteiger partial charge in [-0.2, -0.15) is 0 Å². The molecule has 0 unspecified atom stereocenters. The Bertz CT molecular complexity index is 981. The lowest BCUT2D eigenvalue weighted by molar-refractivity contribution is -0.119. The minimum atomic E-state index is -3.65. The van der Waals surface area contributed by atoms with Crippen molar-refractivity contribution in [1.82, 2.24) is 0 Å². The average molecular weight is 386 g/mol. The zero-order valence-electron chi connectivity index (χ0n) is 15.5. The predicted molar refractivity (Wildman–Crippen MR) is 105 cm³/mol. The Hall–Kier alpha value is -2.67. The maximum atomic E-state index is 12.6. The lowest BCUT2D eigenvalue weighted by Crippen LogP contribution is -2.30. The Kier molecular flexibility index (Phi) is 5.06. The molecular weight excluding hydrogens is 364 g/mol. The fourth-order valence-electron chi connectivity index (χ4n) is 3.14. The van der Waals surface area contributed by atoms with Crippen molar-refractivity contribution in [2.75, 3.05) is 15.4 Å². The molecule has 27 heavy (non-hydrogen) atoms. The lowest BCUT2D eigenvalue weighted by Gasteiger charge is -2.16. The molecule has 1 aliphatic rings. The van der Waals surface area contributed by atoms with Crippen LogP contribution in [0.5, 0.6) is 0 Å². The molecule has 1 heterocycles. The molecule has 0 saturated carbocycles. The van der Waals surface area contributed by atoms with E-state index in [4.69, 9.17) is 0 Å². The van der Waals surface area contributed by atoms with Gasteiger partial charge in [-0.25, -0.2) is 12.7 Å². The molecule has 0 spiro atoms. The fraction of sp³-hybridized carbons (Fsp3) is 0.300. The molecule has 0 bridgehead atoms. The van der Waals surface area contributed by atoms with Gasteiger partial charge >= 0.3 is 0 Å². The van der Waals surface area contributed by atoms with E-state index in [1.54, 1.807) is 6.92 Å². The summed E-state index contributed by atoms with van der Waals surface area (Å²) in [5.41, 5.74) is 2.41. The number of para-hydroxylation sites is 1.